The van der Waals surface area contributed by atoms with Gasteiger partial charge in [0, 0.05) is 0 Å². The standard InChI is InChI=1S/2C4H8NO.Al.H/c2*1-3-6-4-2-5-1;;/h2*1-4H2;;/q2*-1;+3;-1. The minimum atomic E-state index is 0. The van der Waals surface area contributed by atoms with E-state index in [0.717, 1.165) is 52.6 Å². The van der Waals surface area contributed by atoms with Gasteiger partial charge < -0.3 is 1.43 Å². The number of nitrogens with zero attached hydrogens (tertiary/aromatic N) is 2. The van der Waals surface area contributed by atoms with E-state index in [0.29, 0.717) is 15.7 Å². The molecule has 2 aliphatic rings. The minimum absolute atomic E-state index is 0. The molecule has 0 amide bonds. The number of morpholine rings is 2. The molecule has 2 aliphatic heterocycles. The van der Waals surface area contributed by atoms with Crippen LogP contribution in [0.3, 0.4) is 0 Å². The molecule has 0 unspecified atom stereocenters. The van der Waals surface area contributed by atoms with Crippen molar-refractivity contribution < 1.29 is 10.9 Å². The van der Waals surface area contributed by atoms with Gasteiger partial charge in [0.05, 0.1) is 0 Å². The number of hydrogen-bond donors (Lipinski definition) is 0. The molecule has 4 nitrogen and oxygen atoms in total. The maximum absolute atomic E-state index is 5.32. The van der Waals surface area contributed by atoms with Crippen molar-refractivity contribution in [3.8, 4) is 0 Å². The van der Waals surface area contributed by atoms with Crippen molar-refractivity contribution >= 4 is 15.7 Å². The van der Waals surface area contributed by atoms with Crippen LogP contribution in [0.15, 0.2) is 0 Å². The Hall–Kier alpha value is 0.372. The van der Waals surface area contributed by atoms with Gasteiger partial charge in [-0.3, -0.25) is 0 Å². The van der Waals surface area contributed by atoms with E-state index in [9.17, 15) is 0 Å². The largest absolute Gasteiger partial charge is 1.00 e. The van der Waals surface area contributed by atoms with Gasteiger partial charge in [-0.15, -0.1) is 0 Å². The third-order valence-corrected chi connectivity index (χ3v) is 4.10. The summed E-state index contributed by atoms with van der Waals surface area (Å²) in [6.45, 7) is 8.13. The van der Waals surface area contributed by atoms with E-state index in [1.54, 1.807) is 0 Å². The molecule has 0 aromatic heterocycles. The normalized spacial score (nSPS) is 27.1. The summed E-state index contributed by atoms with van der Waals surface area (Å²) in [5.41, 5.74) is 0. The molecule has 5 heteroatoms. The van der Waals surface area contributed by atoms with Crippen molar-refractivity contribution in [1.82, 2.24) is 7.77 Å². The van der Waals surface area contributed by atoms with Gasteiger partial charge in [-0.2, -0.15) is 0 Å². The Morgan fingerprint density at radius 3 is 1.54 bits per heavy atom. The molecule has 0 aromatic carbocycles. The molecule has 2 saturated heterocycles. The summed E-state index contributed by atoms with van der Waals surface area (Å²) in [6, 6.07) is 0. The Labute approximate surface area is 87.4 Å². The van der Waals surface area contributed by atoms with Crippen LogP contribution in [0.4, 0.5) is 0 Å². The smallest absolute Gasteiger partial charge is 1.00 e. The first-order valence-corrected chi connectivity index (χ1v) is 5.97. The monoisotopic (exact) mass is 200 g/mol. The van der Waals surface area contributed by atoms with Crippen LogP contribution in [-0.2, 0) is 9.47 Å². The van der Waals surface area contributed by atoms with E-state index in [1.165, 1.54) is 0 Å². The quantitative estimate of drug-likeness (QED) is 0.550. The van der Waals surface area contributed by atoms with E-state index in [-0.39, 0.29) is 1.43 Å². The molecule has 0 spiro atoms. The van der Waals surface area contributed by atoms with Crippen LogP contribution in [0.5, 0.6) is 0 Å². The topological polar surface area (TPSA) is 24.9 Å². The summed E-state index contributed by atoms with van der Waals surface area (Å²) in [7, 11) is 0. The average molecular weight is 200 g/mol. The molecule has 0 radical (unpaired) electrons. The molecular weight excluding hydrogens is 183 g/mol. The molecule has 2 heterocycles. The van der Waals surface area contributed by atoms with Gasteiger partial charge in [-0.25, -0.2) is 0 Å². The van der Waals surface area contributed by atoms with E-state index in [2.05, 4.69) is 7.77 Å². The first-order chi connectivity index (χ1) is 6.45. The first kappa shape index (κ1) is 9.91. The van der Waals surface area contributed by atoms with Crippen LogP contribution in [-0.4, -0.2) is 76.0 Å². The molecule has 0 bridgehead atoms. The number of rotatable bonds is 2. The van der Waals surface area contributed by atoms with Crippen molar-refractivity contribution in [3.63, 3.8) is 0 Å². The minimum Gasteiger partial charge on any atom is -1.00 e. The molecule has 0 atom stereocenters. The summed E-state index contributed by atoms with van der Waals surface area (Å²) in [6.07, 6.45) is 0. The summed E-state index contributed by atoms with van der Waals surface area (Å²) >= 11 is 0.332. The van der Waals surface area contributed by atoms with Gasteiger partial charge in [0.25, 0.3) is 0 Å². The predicted molar refractivity (Wildman–Crippen MR) is 51.7 cm³/mol. The Morgan fingerprint density at radius 1 is 0.769 bits per heavy atom. The Balaban J connectivity index is 0.000000980. The second-order valence-electron chi connectivity index (χ2n) is 3.41. The van der Waals surface area contributed by atoms with Crippen molar-refractivity contribution in [2.24, 2.45) is 0 Å². The van der Waals surface area contributed by atoms with Gasteiger partial charge in [-0.1, -0.05) is 0 Å². The molecule has 74 valence electrons. The fourth-order valence-electron chi connectivity index (χ4n) is 1.62. The van der Waals surface area contributed by atoms with Crippen LogP contribution >= 0.6 is 0 Å². The summed E-state index contributed by atoms with van der Waals surface area (Å²) in [4.78, 5) is 0. The van der Waals surface area contributed by atoms with E-state index >= 15 is 0 Å². The summed E-state index contributed by atoms with van der Waals surface area (Å²) < 4.78 is 15.7. The molecule has 0 aromatic rings. The third-order valence-electron chi connectivity index (χ3n) is 2.42. The SMILES string of the molecule is C1C[N]([Al+][N]2CCOCC2)CCO1.[H-]. The second kappa shape index (κ2) is 5.30. The summed E-state index contributed by atoms with van der Waals surface area (Å²) in [5, 5.41) is 0. The molecule has 2 fully saturated rings. The number of hydrogen-bond acceptors (Lipinski definition) is 4. The van der Waals surface area contributed by atoms with Crippen LogP contribution in [0, 0.1) is 0 Å². The zero-order chi connectivity index (χ0) is 8.93. The molecule has 0 N–H and O–H groups in total. The van der Waals surface area contributed by atoms with E-state index < -0.39 is 0 Å². The fourth-order valence-corrected chi connectivity index (χ4v) is 2.96. The third kappa shape index (κ3) is 3.21. The molecule has 2 rings (SSSR count). The summed E-state index contributed by atoms with van der Waals surface area (Å²) in [5.74, 6) is 0. The van der Waals surface area contributed by atoms with Crippen LogP contribution in [0.2, 0.25) is 0 Å². The van der Waals surface area contributed by atoms with Crippen molar-refractivity contribution in [3.05, 3.63) is 0 Å². The number of ether oxygens (including phenoxy) is 2. The maximum atomic E-state index is 5.32. The Morgan fingerprint density at radius 2 is 1.15 bits per heavy atom. The molecule has 0 saturated carbocycles. The van der Waals surface area contributed by atoms with Crippen molar-refractivity contribution in [2.45, 2.75) is 0 Å². The Kier molecular flexibility index (Phi) is 4.04. The molecule has 0 aliphatic carbocycles. The average Bonchev–Trinajstić information content (AvgIpc) is 2.21. The Bertz CT molecular complexity index is 136. The van der Waals surface area contributed by atoms with Crippen molar-refractivity contribution in [1.29, 1.82) is 0 Å². The van der Waals surface area contributed by atoms with E-state index in [1.807, 2.05) is 0 Å². The second-order valence-corrected chi connectivity index (χ2v) is 5.10. The zero-order valence-corrected chi connectivity index (χ0v) is 9.10. The first-order valence-electron chi connectivity index (χ1n) is 4.94. The predicted octanol–water partition coefficient (Wildman–Crippen LogP) is -0.702. The van der Waals surface area contributed by atoms with Crippen molar-refractivity contribution in [2.75, 3.05) is 52.6 Å². The maximum Gasteiger partial charge on any atom is -1.00 e. The van der Waals surface area contributed by atoms with Crippen LogP contribution in [0.25, 0.3) is 0 Å². The molecular formula is C8H17AlN2O2. The van der Waals surface area contributed by atoms with E-state index in [4.69, 9.17) is 9.47 Å². The van der Waals surface area contributed by atoms with Crippen LogP contribution < -0.4 is 0 Å². The molecule has 13 heavy (non-hydrogen) atoms. The van der Waals surface area contributed by atoms with Gasteiger partial charge >= 0.3 is 85.5 Å². The fraction of sp³-hybridized carbons (Fsp3) is 1.00. The van der Waals surface area contributed by atoms with Crippen LogP contribution in [0.1, 0.15) is 1.43 Å². The van der Waals surface area contributed by atoms with Gasteiger partial charge in [0.2, 0.25) is 0 Å². The van der Waals surface area contributed by atoms with Gasteiger partial charge in [0.1, 0.15) is 0 Å². The van der Waals surface area contributed by atoms with Gasteiger partial charge in [0.15, 0.2) is 0 Å². The zero-order valence-electron chi connectivity index (χ0n) is 8.95. The van der Waals surface area contributed by atoms with Gasteiger partial charge in [-0.05, 0) is 0 Å².